The molecule has 1 N–H and O–H groups in total. The third kappa shape index (κ3) is 3.99. The molecular weight excluding hydrogens is 244 g/mol. The van der Waals surface area contributed by atoms with Gasteiger partial charge in [-0.2, -0.15) is 0 Å². The van der Waals surface area contributed by atoms with Crippen LogP contribution in [-0.4, -0.2) is 30.1 Å². The van der Waals surface area contributed by atoms with E-state index in [0.29, 0.717) is 12.1 Å². The summed E-state index contributed by atoms with van der Waals surface area (Å²) in [7, 11) is 0. The van der Waals surface area contributed by atoms with Crippen molar-refractivity contribution in [3.63, 3.8) is 0 Å². The molecule has 1 aromatic carbocycles. The van der Waals surface area contributed by atoms with E-state index in [2.05, 4.69) is 69.1 Å². The standard InChI is InChI=1S/C18H30N2/c1-14(2)20-12-10-17(11-13-20)19-16-8-6-15(7-9-16)18(3,4)5/h6-9,14,17,19H,10-13H2,1-5H3. The molecule has 1 aliphatic rings. The number of anilines is 1. The Bertz CT molecular complexity index is 406. The van der Waals surface area contributed by atoms with Gasteiger partial charge in [-0.25, -0.2) is 0 Å². The van der Waals surface area contributed by atoms with E-state index in [9.17, 15) is 0 Å². The van der Waals surface area contributed by atoms with Crippen LogP contribution in [0.25, 0.3) is 0 Å². The molecule has 0 unspecified atom stereocenters. The van der Waals surface area contributed by atoms with Crippen molar-refractivity contribution < 1.29 is 0 Å². The summed E-state index contributed by atoms with van der Waals surface area (Å²) in [6.07, 6.45) is 2.50. The van der Waals surface area contributed by atoms with Crippen molar-refractivity contribution in [1.29, 1.82) is 0 Å². The third-order valence-corrected chi connectivity index (χ3v) is 4.38. The van der Waals surface area contributed by atoms with Crippen molar-refractivity contribution in [2.45, 2.75) is 65.0 Å². The normalized spacial score (nSPS) is 18.5. The van der Waals surface area contributed by atoms with Crippen LogP contribution in [0.1, 0.15) is 53.0 Å². The number of likely N-dealkylation sites (tertiary alicyclic amines) is 1. The minimum Gasteiger partial charge on any atom is -0.382 e. The number of nitrogens with zero attached hydrogens (tertiary/aromatic N) is 1. The quantitative estimate of drug-likeness (QED) is 0.885. The fourth-order valence-corrected chi connectivity index (χ4v) is 2.86. The van der Waals surface area contributed by atoms with Crippen LogP contribution in [-0.2, 0) is 5.41 Å². The summed E-state index contributed by atoms with van der Waals surface area (Å²) < 4.78 is 0. The number of nitrogens with one attached hydrogen (secondary N) is 1. The molecule has 1 heterocycles. The zero-order chi connectivity index (χ0) is 14.8. The molecular formula is C18H30N2. The first kappa shape index (κ1) is 15.4. The van der Waals surface area contributed by atoms with E-state index in [1.54, 1.807) is 0 Å². The van der Waals surface area contributed by atoms with E-state index >= 15 is 0 Å². The van der Waals surface area contributed by atoms with Gasteiger partial charge in [0.25, 0.3) is 0 Å². The summed E-state index contributed by atoms with van der Waals surface area (Å²) >= 11 is 0. The Hall–Kier alpha value is -1.02. The fraction of sp³-hybridized carbons (Fsp3) is 0.667. The van der Waals surface area contributed by atoms with E-state index in [1.165, 1.54) is 37.2 Å². The largest absolute Gasteiger partial charge is 0.382 e. The monoisotopic (exact) mass is 274 g/mol. The Morgan fingerprint density at radius 1 is 1.05 bits per heavy atom. The highest BCUT2D eigenvalue weighted by molar-refractivity contribution is 5.46. The van der Waals surface area contributed by atoms with Crippen molar-refractivity contribution in [3.05, 3.63) is 29.8 Å². The highest BCUT2D eigenvalue weighted by atomic mass is 15.2. The molecule has 0 aromatic heterocycles. The first-order valence-corrected chi connectivity index (χ1v) is 7.97. The maximum Gasteiger partial charge on any atom is 0.0342 e. The molecule has 0 amide bonds. The molecule has 2 nitrogen and oxygen atoms in total. The molecule has 0 radical (unpaired) electrons. The van der Waals surface area contributed by atoms with Gasteiger partial charge in [-0.1, -0.05) is 32.9 Å². The lowest BCUT2D eigenvalue weighted by molar-refractivity contribution is 0.177. The van der Waals surface area contributed by atoms with Crippen molar-refractivity contribution in [3.8, 4) is 0 Å². The Kier molecular flexibility index (Phi) is 4.74. The molecule has 1 saturated heterocycles. The summed E-state index contributed by atoms with van der Waals surface area (Å²) in [4.78, 5) is 2.57. The van der Waals surface area contributed by atoms with Crippen LogP contribution in [0.3, 0.4) is 0 Å². The molecule has 2 heteroatoms. The maximum atomic E-state index is 3.69. The molecule has 112 valence electrons. The second-order valence-corrected chi connectivity index (χ2v) is 7.38. The highest BCUT2D eigenvalue weighted by Gasteiger charge is 2.20. The molecule has 0 aliphatic carbocycles. The van der Waals surface area contributed by atoms with E-state index in [1.807, 2.05) is 0 Å². The predicted octanol–water partition coefficient (Wildman–Crippen LogP) is 4.27. The van der Waals surface area contributed by atoms with Gasteiger partial charge in [0.15, 0.2) is 0 Å². The topological polar surface area (TPSA) is 15.3 Å². The van der Waals surface area contributed by atoms with Crippen LogP contribution < -0.4 is 5.32 Å². The number of hydrogen-bond acceptors (Lipinski definition) is 2. The number of rotatable bonds is 3. The SMILES string of the molecule is CC(C)N1CCC(Nc2ccc(C(C)(C)C)cc2)CC1. The van der Waals surface area contributed by atoms with Crippen LogP contribution in [0.4, 0.5) is 5.69 Å². The van der Waals surface area contributed by atoms with E-state index in [-0.39, 0.29) is 5.41 Å². The average Bonchev–Trinajstić information content (AvgIpc) is 2.39. The van der Waals surface area contributed by atoms with Crippen LogP contribution in [0, 0.1) is 0 Å². The average molecular weight is 274 g/mol. The molecule has 0 spiro atoms. The maximum absolute atomic E-state index is 3.69. The third-order valence-electron chi connectivity index (χ3n) is 4.38. The second kappa shape index (κ2) is 6.17. The van der Waals surface area contributed by atoms with Crippen LogP contribution in [0.15, 0.2) is 24.3 Å². The molecule has 0 atom stereocenters. The highest BCUT2D eigenvalue weighted by Crippen LogP contribution is 2.24. The summed E-state index contributed by atoms with van der Waals surface area (Å²) in [6.45, 7) is 13.8. The van der Waals surface area contributed by atoms with Gasteiger partial charge in [0.1, 0.15) is 0 Å². The Morgan fingerprint density at radius 3 is 2.05 bits per heavy atom. The van der Waals surface area contributed by atoms with Crippen LogP contribution in [0.5, 0.6) is 0 Å². The first-order chi connectivity index (χ1) is 9.36. The minimum absolute atomic E-state index is 0.237. The first-order valence-electron chi connectivity index (χ1n) is 7.97. The van der Waals surface area contributed by atoms with E-state index < -0.39 is 0 Å². The van der Waals surface area contributed by atoms with Crippen LogP contribution in [0.2, 0.25) is 0 Å². The van der Waals surface area contributed by atoms with Gasteiger partial charge in [0.05, 0.1) is 0 Å². The summed E-state index contributed by atoms with van der Waals surface area (Å²) in [5.74, 6) is 0. The van der Waals surface area contributed by atoms with Gasteiger partial charge < -0.3 is 10.2 Å². The minimum atomic E-state index is 0.237. The van der Waals surface area contributed by atoms with E-state index in [4.69, 9.17) is 0 Å². The van der Waals surface area contributed by atoms with Gasteiger partial charge in [-0.05, 0) is 49.8 Å². The van der Waals surface area contributed by atoms with Crippen molar-refractivity contribution in [2.75, 3.05) is 18.4 Å². The smallest absolute Gasteiger partial charge is 0.0342 e. The molecule has 1 aromatic rings. The van der Waals surface area contributed by atoms with Crippen molar-refractivity contribution >= 4 is 5.69 Å². The lowest BCUT2D eigenvalue weighted by Gasteiger charge is -2.35. The van der Waals surface area contributed by atoms with Gasteiger partial charge in [-0.3, -0.25) is 0 Å². The zero-order valence-corrected chi connectivity index (χ0v) is 13.7. The summed E-state index contributed by atoms with van der Waals surface area (Å²) in [6, 6.07) is 10.3. The number of hydrogen-bond donors (Lipinski definition) is 1. The Balaban J connectivity index is 1.89. The number of benzene rings is 1. The van der Waals surface area contributed by atoms with Crippen LogP contribution >= 0.6 is 0 Å². The van der Waals surface area contributed by atoms with Gasteiger partial charge in [-0.15, -0.1) is 0 Å². The number of piperidine rings is 1. The van der Waals surface area contributed by atoms with Gasteiger partial charge in [0.2, 0.25) is 0 Å². The van der Waals surface area contributed by atoms with Crippen molar-refractivity contribution in [1.82, 2.24) is 4.90 Å². The Labute approximate surface area is 124 Å². The lowest BCUT2D eigenvalue weighted by atomic mass is 9.87. The van der Waals surface area contributed by atoms with E-state index in [0.717, 1.165) is 0 Å². The molecule has 0 saturated carbocycles. The predicted molar refractivity (Wildman–Crippen MR) is 88.5 cm³/mol. The lowest BCUT2D eigenvalue weighted by Crippen LogP contribution is -2.42. The van der Waals surface area contributed by atoms with Gasteiger partial charge in [0, 0.05) is 30.9 Å². The van der Waals surface area contributed by atoms with Gasteiger partial charge >= 0.3 is 0 Å². The summed E-state index contributed by atoms with van der Waals surface area (Å²) in [5, 5.41) is 3.69. The summed E-state index contributed by atoms with van der Waals surface area (Å²) in [5.41, 5.74) is 2.90. The molecule has 2 rings (SSSR count). The molecule has 0 bridgehead atoms. The second-order valence-electron chi connectivity index (χ2n) is 7.38. The molecule has 1 aliphatic heterocycles. The Morgan fingerprint density at radius 2 is 1.60 bits per heavy atom. The molecule has 20 heavy (non-hydrogen) atoms. The fourth-order valence-electron chi connectivity index (χ4n) is 2.86. The molecule has 1 fully saturated rings. The van der Waals surface area contributed by atoms with Crippen molar-refractivity contribution in [2.24, 2.45) is 0 Å². The zero-order valence-electron chi connectivity index (χ0n) is 13.7.